The Balaban J connectivity index is 1.62. The molecule has 1 aromatic rings. The van der Waals surface area contributed by atoms with E-state index in [2.05, 4.69) is 23.1 Å². The van der Waals surface area contributed by atoms with Gasteiger partial charge < -0.3 is 15.4 Å². The number of nitrogens with zero attached hydrogens (tertiary/aromatic N) is 3. The summed E-state index contributed by atoms with van der Waals surface area (Å²) < 4.78 is 5.89. The second-order valence-corrected chi connectivity index (χ2v) is 7.15. The third-order valence-electron chi connectivity index (χ3n) is 4.84. The van der Waals surface area contributed by atoms with E-state index in [-0.39, 0.29) is 5.82 Å². The minimum absolute atomic E-state index is 0.182. The van der Waals surface area contributed by atoms with E-state index in [0.29, 0.717) is 13.2 Å². The Kier molecular flexibility index (Phi) is 8.91. The number of hydrogen-bond donors (Lipinski definition) is 1. The summed E-state index contributed by atoms with van der Waals surface area (Å²) in [5.74, 6) is 1.11. The molecule has 1 aromatic carbocycles. The van der Waals surface area contributed by atoms with E-state index >= 15 is 0 Å². The molecule has 7 nitrogen and oxygen atoms in total. The first-order valence-corrected chi connectivity index (χ1v) is 9.80. The van der Waals surface area contributed by atoms with Crippen molar-refractivity contribution in [2.24, 2.45) is 5.73 Å². The second kappa shape index (κ2) is 11.4. The van der Waals surface area contributed by atoms with Gasteiger partial charge in [0.05, 0.1) is 11.5 Å². The van der Waals surface area contributed by atoms with Crippen LogP contribution < -0.4 is 10.5 Å². The van der Waals surface area contributed by atoms with Gasteiger partial charge in [0.25, 0.3) is 6.20 Å². The molecule has 0 aromatic heterocycles. The molecule has 0 bridgehead atoms. The van der Waals surface area contributed by atoms with Crippen molar-refractivity contribution in [1.29, 1.82) is 0 Å². The van der Waals surface area contributed by atoms with Gasteiger partial charge in [-0.05, 0) is 62.9 Å². The van der Waals surface area contributed by atoms with Crippen molar-refractivity contribution in [3.05, 3.63) is 52.0 Å². The lowest BCUT2D eigenvalue weighted by Gasteiger charge is -2.26. The highest BCUT2D eigenvalue weighted by Gasteiger charge is 2.10. The lowest BCUT2D eigenvalue weighted by atomic mass is 10.1. The van der Waals surface area contributed by atoms with E-state index < -0.39 is 4.92 Å². The molecular weight excluding hydrogens is 344 g/mol. The molecule has 150 valence electrons. The maximum absolute atomic E-state index is 10.4. The van der Waals surface area contributed by atoms with Crippen LogP contribution in [0, 0.1) is 10.1 Å². The summed E-state index contributed by atoms with van der Waals surface area (Å²) in [7, 11) is 1.76. The van der Waals surface area contributed by atoms with Gasteiger partial charge >= 0.3 is 0 Å². The molecule has 1 saturated heterocycles. The van der Waals surface area contributed by atoms with E-state index in [1.807, 2.05) is 6.07 Å². The smallest absolute Gasteiger partial charge is 0.274 e. The fraction of sp³-hybridized carbons (Fsp3) is 0.600. The van der Waals surface area contributed by atoms with Crippen LogP contribution in [0.1, 0.15) is 44.1 Å². The Morgan fingerprint density at radius 1 is 1.30 bits per heavy atom. The van der Waals surface area contributed by atoms with Gasteiger partial charge in [0.15, 0.2) is 5.82 Å². The fourth-order valence-corrected chi connectivity index (χ4v) is 3.26. The number of nitro groups is 1. The molecule has 0 aliphatic carbocycles. The number of nitrogens with two attached hydrogens (primary N) is 1. The van der Waals surface area contributed by atoms with Gasteiger partial charge in [0, 0.05) is 20.1 Å². The molecule has 1 aliphatic heterocycles. The summed E-state index contributed by atoms with van der Waals surface area (Å²) in [6, 6.07) is 8.39. The quantitative estimate of drug-likeness (QED) is 0.363. The molecule has 0 atom stereocenters. The maximum atomic E-state index is 10.4. The SMILES string of the molecule is CN(CCCCCOc1cccc(CN2CCCCC2)c1)C(N)=C[N+](=O)[O-]. The topological polar surface area (TPSA) is 84.9 Å². The highest BCUT2D eigenvalue weighted by atomic mass is 16.6. The highest BCUT2D eigenvalue weighted by Crippen LogP contribution is 2.18. The van der Waals surface area contributed by atoms with Crippen LogP contribution >= 0.6 is 0 Å². The minimum Gasteiger partial charge on any atom is -0.494 e. The summed E-state index contributed by atoms with van der Waals surface area (Å²) in [5, 5.41) is 10.4. The normalized spacial score (nSPS) is 15.5. The molecule has 7 heteroatoms. The van der Waals surface area contributed by atoms with Crippen LogP contribution in [-0.2, 0) is 6.54 Å². The maximum Gasteiger partial charge on any atom is 0.274 e. The number of piperidine rings is 1. The first kappa shape index (κ1) is 21.0. The number of benzene rings is 1. The van der Waals surface area contributed by atoms with Crippen LogP contribution in [0.25, 0.3) is 0 Å². The highest BCUT2D eigenvalue weighted by molar-refractivity contribution is 5.28. The number of ether oxygens (including phenoxy) is 1. The fourth-order valence-electron chi connectivity index (χ4n) is 3.26. The van der Waals surface area contributed by atoms with Crippen molar-refractivity contribution in [3.8, 4) is 5.75 Å². The Labute approximate surface area is 161 Å². The molecule has 0 radical (unpaired) electrons. The minimum atomic E-state index is -0.529. The van der Waals surface area contributed by atoms with Crippen molar-refractivity contribution >= 4 is 0 Å². The van der Waals surface area contributed by atoms with Gasteiger partial charge in [-0.3, -0.25) is 15.0 Å². The molecule has 1 aliphatic rings. The van der Waals surface area contributed by atoms with Crippen LogP contribution in [0.5, 0.6) is 5.75 Å². The van der Waals surface area contributed by atoms with Crippen LogP contribution in [0.15, 0.2) is 36.3 Å². The van der Waals surface area contributed by atoms with Gasteiger partial charge in [-0.1, -0.05) is 18.6 Å². The first-order valence-electron chi connectivity index (χ1n) is 9.80. The zero-order valence-electron chi connectivity index (χ0n) is 16.3. The van der Waals surface area contributed by atoms with E-state index in [1.54, 1.807) is 11.9 Å². The Bertz CT molecular complexity index is 615. The van der Waals surface area contributed by atoms with Crippen LogP contribution in [0.4, 0.5) is 0 Å². The van der Waals surface area contributed by atoms with Gasteiger partial charge in [0.2, 0.25) is 0 Å². The van der Waals surface area contributed by atoms with E-state index in [9.17, 15) is 10.1 Å². The largest absolute Gasteiger partial charge is 0.494 e. The first-order chi connectivity index (χ1) is 13.0. The second-order valence-electron chi connectivity index (χ2n) is 7.15. The predicted molar refractivity (Wildman–Crippen MR) is 107 cm³/mol. The average molecular weight is 377 g/mol. The van der Waals surface area contributed by atoms with Crippen LogP contribution in [0.2, 0.25) is 0 Å². The van der Waals surface area contributed by atoms with E-state index in [1.165, 1.54) is 37.9 Å². The predicted octanol–water partition coefficient (Wildman–Crippen LogP) is 3.19. The molecule has 0 spiro atoms. The number of likely N-dealkylation sites (tertiary alicyclic amines) is 1. The standard InChI is InChI=1S/C20H32N4O3/c1-22(20(21)17-24(25)26)11-4-3-7-14-27-19-10-8-9-18(15-19)16-23-12-5-2-6-13-23/h8-10,15,17H,2-7,11-14,16,21H2,1H3. The van der Waals surface area contributed by atoms with E-state index in [0.717, 1.165) is 37.8 Å². The Morgan fingerprint density at radius 2 is 2.07 bits per heavy atom. The molecule has 27 heavy (non-hydrogen) atoms. The summed E-state index contributed by atoms with van der Waals surface area (Å²) in [4.78, 5) is 14.1. The average Bonchev–Trinajstić information content (AvgIpc) is 2.65. The van der Waals surface area contributed by atoms with Gasteiger partial charge in [-0.15, -0.1) is 0 Å². The molecule has 1 heterocycles. The number of unbranched alkanes of at least 4 members (excludes halogenated alkanes) is 2. The number of hydrogen-bond acceptors (Lipinski definition) is 6. The molecule has 2 N–H and O–H groups in total. The molecule has 0 unspecified atom stereocenters. The molecule has 0 amide bonds. The summed E-state index contributed by atoms with van der Waals surface area (Å²) in [6.45, 7) is 4.77. The van der Waals surface area contributed by atoms with Crippen molar-refractivity contribution in [2.45, 2.75) is 45.1 Å². The molecular formula is C20H32N4O3. The zero-order valence-corrected chi connectivity index (χ0v) is 16.3. The number of rotatable bonds is 11. The summed E-state index contributed by atoms with van der Waals surface area (Å²) in [5.41, 5.74) is 6.94. The lowest BCUT2D eigenvalue weighted by molar-refractivity contribution is -0.404. The molecule has 0 saturated carbocycles. The lowest BCUT2D eigenvalue weighted by Crippen LogP contribution is -2.29. The third-order valence-corrected chi connectivity index (χ3v) is 4.84. The third kappa shape index (κ3) is 8.30. The van der Waals surface area contributed by atoms with Crippen LogP contribution in [0.3, 0.4) is 0 Å². The van der Waals surface area contributed by atoms with Crippen LogP contribution in [-0.4, -0.2) is 48.0 Å². The monoisotopic (exact) mass is 376 g/mol. The van der Waals surface area contributed by atoms with Gasteiger partial charge in [-0.2, -0.15) is 0 Å². The van der Waals surface area contributed by atoms with Crippen molar-refractivity contribution in [1.82, 2.24) is 9.80 Å². The Morgan fingerprint density at radius 3 is 2.81 bits per heavy atom. The molecule has 1 fully saturated rings. The summed E-state index contributed by atoms with van der Waals surface area (Å²) >= 11 is 0. The van der Waals surface area contributed by atoms with Crippen molar-refractivity contribution in [2.75, 3.05) is 33.3 Å². The molecule has 2 rings (SSSR count). The van der Waals surface area contributed by atoms with Crippen molar-refractivity contribution < 1.29 is 9.66 Å². The van der Waals surface area contributed by atoms with Gasteiger partial charge in [0.1, 0.15) is 5.75 Å². The van der Waals surface area contributed by atoms with E-state index in [4.69, 9.17) is 10.5 Å². The zero-order chi connectivity index (χ0) is 19.5. The Hall–Kier alpha value is -2.28. The summed E-state index contributed by atoms with van der Waals surface area (Å²) in [6.07, 6.45) is 7.65. The van der Waals surface area contributed by atoms with Crippen molar-refractivity contribution in [3.63, 3.8) is 0 Å². The van der Waals surface area contributed by atoms with Gasteiger partial charge in [-0.25, -0.2) is 0 Å².